The van der Waals surface area contributed by atoms with Crippen molar-refractivity contribution in [1.82, 2.24) is 9.62 Å². The summed E-state index contributed by atoms with van der Waals surface area (Å²) >= 11 is 0. The van der Waals surface area contributed by atoms with E-state index >= 15 is 0 Å². The average molecular weight is 365 g/mol. The van der Waals surface area contributed by atoms with Crippen molar-refractivity contribution in [3.05, 3.63) is 29.8 Å². The predicted octanol–water partition coefficient (Wildman–Crippen LogP) is 3.06. The summed E-state index contributed by atoms with van der Waals surface area (Å²) in [5, 5.41) is 2.99. The number of nitrogens with one attached hydrogen (secondary N) is 1. The van der Waals surface area contributed by atoms with Crippen molar-refractivity contribution in [2.75, 3.05) is 13.1 Å². The molecule has 1 heterocycles. The van der Waals surface area contributed by atoms with Gasteiger partial charge in [-0.1, -0.05) is 37.8 Å². The van der Waals surface area contributed by atoms with E-state index in [0.717, 1.165) is 50.5 Å². The van der Waals surface area contributed by atoms with Crippen LogP contribution in [0.3, 0.4) is 0 Å². The van der Waals surface area contributed by atoms with Gasteiger partial charge in [0.05, 0.1) is 4.90 Å². The van der Waals surface area contributed by atoms with Gasteiger partial charge in [0.2, 0.25) is 15.9 Å². The number of piperidine rings is 1. The van der Waals surface area contributed by atoms with Crippen LogP contribution in [-0.4, -0.2) is 31.7 Å². The maximum absolute atomic E-state index is 12.6. The van der Waals surface area contributed by atoms with Gasteiger partial charge in [-0.2, -0.15) is 4.31 Å². The second kappa shape index (κ2) is 8.32. The Hall–Kier alpha value is -1.40. The fraction of sp³-hybridized carbons (Fsp3) is 0.632. The summed E-state index contributed by atoms with van der Waals surface area (Å²) in [5.41, 5.74) is 0.932. The third-order valence-electron chi connectivity index (χ3n) is 5.32. The molecule has 0 unspecified atom stereocenters. The summed E-state index contributed by atoms with van der Waals surface area (Å²) in [6, 6.07) is 6.92. The number of carbonyl (C=O) groups excluding carboxylic acids is 1. The molecule has 5 nitrogen and oxygen atoms in total. The molecule has 1 aliphatic carbocycles. The third kappa shape index (κ3) is 4.61. The monoisotopic (exact) mass is 364 g/mol. The van der Waals surface area contributed by atoms with Crippen LogP contribution < -0.4 is 5.32 Å². The van der Waals surface area contributed by atoms with Crippen molar-refractivity contribution in [3.8, 4) is 0 Å². The topological polar surface area (TPSA) is 66.5 Å². The second-order valence-corrected chi connectivity index (χ2v) is 9.10. The molecule has 25 heavy (non-hydrogen) atoms. The van der Waals surface area contributed by atoms with E-state index in [9.17, 15) is 13.2 Å². The zero-order valence-corrected chi connectivity index (χ0v) is 15.6. The fourth-order valence-corrected chi connectivity index (χ4v) is 5.25. The fourth-order valence-electron chi connectivity index (χ4n) is 3.73. The van der Waals surface area contributed by atoms with Crippen molar-refractivity contribution in [3.63, 3.8) is 0 Å². The molecule has 3 rings (SSSR count). The van der Waals surface area contributed by atoms with E-state index < -0.39 is 10.0 Å². The first-order valence-corrected chi connectivity index (χ1v) is 10.9. The SMILES string of the molecule is O=C(NCc1ccc(S(=O)(=O)N2CCCCC2)cc1)C1CCCCC1. The van der Waals surface area contributed by atoms with Gasteiger partial charge in [-0.15, -0.1) is 0 Å². The Balaban J connectivity index is 1.57. The summed E-state index contributed by atoms with van der Waals surface area (Å²) in [6.45, 7) is 1.68. The summed E-state index contributed by atoms with van der Waals surface area (Å²) in [6.07, 6.45) is 8.46. The highest BCUT2D eigenvalue weighted by molar-refractivity contribution is 7.89. The number of hydrogen-bond acceptors (Lipinski definition) is 3. The molecule has 1 saturated heterocycles. The number of sulfonamides is 1. The first-order chi connectivity index (χ1) is 12.1. The van der Waals surface area contributed by atoms with Gasteiger partial charge >= 0.3 is 0 Å². The van der Waals surface area contributed by atoms with Gasteiger partial charge in [-0.05, 0) is 43.4 Å². The molecule has 1 amide bonds. The maximum atomic E-state index is 12.6. The number of benzene rings is 1. The molecule has 0 bridgehead atoms. The summed E-state index contributed by atoms with van der Waals surface area (Å²) < 4.78 is 26.8. The van der Waals surface area contributed by atoms with Crippen molar-refractivity contribution in [1.29, 1.82) is 0 Å². The zero-order valence-electron chi connectivity index (χ0n) is 14.7. The largest absolute Gasteiger partial charge is 0.352 e. The Labute approximate surface area is 150 Å². The van der Waals surface area contributed by atoms with Crippen LogP contribution in [0.25, 0.3) is 0 Å². The predicted molar refractivity (Wildman–Crippen MR) is 97.5 cm³/mol. The van der Waals surface area contributed by atoms with E-state index in [1.807, 2.05) is 0 Å². The van der Waals surface area contributed by atoms with Crippen LogP contribution >= 0.6 is 0 Å². The van der Waals surface area contributed by atoms with Crippen molar-refractivity contribution in [2.24, 2.45) is 5.92 Å². The highest BCUT2D eigenvalue weighted by Gasteiger charge is 2.25. The molecule has 0 spiro atoms. The second-order valence-electron chi connectivity index (χ2n) is 7.16. The van der Waals surface area contributed by atoms with Gasteiger partial charge in [0.25, 0.3) is 0 Å². The van der Waals surface area contributed by atoms with Crippen molar-refractivity contribution in [2.45, 2.75) is 62.8 Å². The highest BCUT2D eigenvalue weighted by atomic mass is 32.2. The Morgan fingerprint density at radius 1 is 0.960 bits per heavy atom. The van der Waals surface area contributed by atoms with E-state index in [1.165, 1.54) is 6.42 Å². The summed E-state index contributed by atoms with van der Waals surface area (Å²) in [4.78, 5) is 12.5. The molecular weight excluding hydrogens is 336 g/mol. The number of amides is 1. The minimum absolute atomic E-state index is 0.129. The van der Waals surface area contributed by atoms with E-state index in [4.69, 9.17) is 0 Å². The molecule has 1 saturated carbocycles. The van der Waals surface area contributed by atoms with Crippen LogP contribution in [0.15, 0.2) is 29.2 Å². The molecule has 0 radical (unpaired) electrons. The zero-order chi connectivity index (χ0) is 17.7. The number of carbonyl (C=O) groups is 1. The molecule has 1 aromatic carbocycles. The van der Waals surface area contributed by atoms with Gasteiger partial charge < -0.3 is 5.32 Å². The van der Waals surface area contributed by atoms with E-state index in [1.54, 1.807) is 28.6 Å². The maximum Gasteiger partial charge on any atom is 0.243 e. The molecule has 0 aromatic heterocycles. The first kappa shape index (κ1) is 18.4. The normalized spacial score (nSPS) is 20.3. The Morgan fingerprint density at radius 2 is 1.56 bits per heavy atom. The van der Waals surface area contributed by atoms with Crippen LogP contribution in [0, 0.1) is 5.92 Å². The third-order valence-corrected chi connectivity index (χ3v) is 7.23. The molecule has 2 fully saturated rings. The standard InChI is InChI=1S/C19H28N2O3S/c22-19(17-7-3-1-4-8-17)20-15-16-9-11-18(12-10-16)25(23,24)21-13-5-2-6-14-21/h9-12,17H,1-8,13-15H2,(H,20,22). The van der Waals surface area contributed by atoms with Gasteiger partial charge in [-0.25, -0.2) is 8.42 Å². The van der Waals surface area contributed by atoms with Crippen LogP contribution in [0.1, 0.15) is 56.9 Å². The molecule has 1 aromatic rings. The van der Waals surface area contributed by atoms with Gasteiger partial charge in [0.15, 0.2) is 0 Å². The van der Waals surface area contributed by atoms with Crippen LogP contribution in [0.4, 0.5) is 0 Å². The minimum atomic E-state index is -3.38. The molecule has 6 heteroatoms. The summed E-state index contributed by atoms with van der Waals surface area (Å²) in [7, 11) is -3.38. The molecular formula is C19H28N2O3S. The van der Waals surface area contributed by atoms with Crippen LogP contribution in [0.2, 0.25) is 0 Å². The van der Waals surface area contributed by atoms with Crippen molar-refractivity contribution < 1.29 is 13.2 Å². The number of rotatable bonds is 5. The lowest BCUT2D eigenvalue weighted by Gasteiger charge is -2.26. The lowest BCUT2D eigenvalue weighted by molar-refractivity contribution is -0.126. The summed E-state index contributed by atoms with van der Waals surface area (Å²) in [5.74, 6) is 0.275. The van der Waals surface area contributed by atoms with E-state index in [0.29, 0.717) is 24.5 Å². The van der Waals surface area contributed by atoms with Crippen LogP contribution in [-0.2, 0) is 21.4 Å². The first-order valence-electron chi connectivity index (χ1n) is 9.44. The Morgan fingerprint density at radius 3 is 2.20 bits per heavy atom. The molecule has 1 aliphatic heterocycles. The Kier molecular flexibility index (Phi) is 6.12. The molecule has 2 aliphatic rings. The molecule has 1 N–H and O–H groups in total. The Bertz CT molecular complexity index is 673. The minimum Gasteiger partial charge on any atom is -0.352 e. The van der Waals surface area contributed by atoms with E-state index in [2.05, 4.69) is 5.32 Å². The number of nitrogens with zero attached hydrogens (tertiary/aromatic N) is 1. The number of hydrogen-bond donors (Lipinski definition) is 1. The average Bonchev–Trinajstić information content (AvgIpc) is 2.68. The smallest absolute Gasteiger partial charge is 0.243 e. The van der Waals surface area contributed by atoms with Gasteiger partial charge in [0, 0.05) is 25.6 Å². The molecule has 138 valence electrons. The van der Waals surface area contributed by atoms with Gasteiger partial charge in [0.1, 0.15) is 0 Å². The van der Waals surface area contributed by atoms with Crippen molar-refractivity contribution >= 4 is 15.9 Å². The van der Waals surface area contributed by atoms with Gasteiger partial charge in [-0.3, -0.25) is 4.79 Å². The lowest BCUT2D eigenvalue weighted by atomic mass is 9.88. The van der Waals surface area contributed by atoms with Crippen LogP contribution in [0.5, 0.6) is 0 Å². The molecule has 0 atom stereocenters. The lowest BCUT2D eigenvalue weighted by Crippen LogP contribution is -2.35. The highest BCUT2D eigenvalue weighted by Crippen LogP contribution is 2.24. The quantitative estimate of drug-likeness (QED) is 0.873. The van der Waals surface area contributed by atoms with E-state index in [-0.39, 0.29) is 11.8 Å².